The fraction of sp³-hybridized carbons (Fsp3) is 0.667. The first-order valence-corrected chi connectivity index (χ1v) is 9.23. The molecule has 4 atom stereocenters. The van der Waals surface area contributed by atoms with Gasteiger partial charge < -0.3 is 9.47 Å². The summed E-state index contributed by atoms with van der Waals surface area (Å²) in [6.45, 7) is 8.71. The molecular weight excluding hydrogens is 300 g/mol. The molecule has 3 rings (SSSR count). The summed E-state index contributed by atoms with van der Waals surface area (Å²) in [6.07, 6.45) is 5.68. The Hall–Kier alpha value is -1.35. The van der Waals surface area contributed by atoms with Crippen molar-refractivity contribution in [2.45, 2.75) is 77.6 Å². The van der Waals surface area contributed by atoms with E-state index in [0.29, 0.717) is 11.5 Å². The highest BCUT2D eigenvalue weighted by molar-refractivity contribution is 5.89. The van der Waals surface area contributed by atoms with Crippen molar-refractivity contribution in [1.82, 2.24) is 0 Å². The predicted molar refractivity (Wildman–Crippen MR) is 95.0 cm³/mol. The van der Waals surface area contributed by atoms with E-state index >= 15 is 0 Å². The van der Waals surface area contributed by atoms with Crippen LogP contribution in [0.1, 0.15) is 70.2 Å². The highest BCUT2D eigenvalue weighted by atomic mass is 16.5. The van der Waals surface area contributed by atoms with E-state index in [2.05, 4.69) is 27.7 Å². The van der Waals surface area contributed by atoms with Crippen molar-refractivity contribution in [1.29, 1.82) is 0 Å². The molecule has 2 aliphatic carbocycles. The number of carbonyl (C=O) groups excluding carboxylic acids is 1. The summed E-state index contributed by atoms with van der Waals surface area (Å²) in [7, 11) is 0. The minimum atomic E-state index is -0.190. The molecule has 3 heteroatoms. The number of rotatable bonds is 3. The predicted octanol–water partition coefficient (Wildman–Crippen LogP) is 5.00. The van der Waals surface area contributed by atoms with Crippen LogP contribution in [0.5, 0.6) is 0 Å². The Labute approximate surface area is 145 Å². The highest BCUT2D eigenvalue weighted by Crippen LogP contribution is 2.54. The average Bonchev–Trinajstić information content (AvgIpc) is 2.84. The summed E-state index contributed by atoms with van der Waals surface area (Å²) >= 11 is 0. The van der Waals surface area contributed by atoms with Gasteiger partial charge in [0, 0.05) is 11.3 Å². The normalized spacial score (nSPS) is 33.1. The van der Waals surface area contributed by atoms with Crippen molar-refractivity contribution >= 4 is 5.97 Å². The summed E-state index contributed by atoms with van der Waals surface area (Å²) in [5, 5.41) is 0. The largest absolute Gasteiger partial charge is 0.458 e. The zero-order valence-corrected chi connectivity index (χ0v) is 15.4. The van der Waals surface area contributed by atoms with Gasteiger partial charge >= 0.3 is 5.97 Å². The molecule has 2 aliphatic rings. The van der Waals surface area contributed by atoms with Crippen molar-refractivity contribution < 1.29 is 14.3 Å². The quantitative estimate of drug-likeness (QED) is 0.732. The summed E-state index contributed by atoms with van der Waals surface area (Å²) < 4.78 is 12.3. The molecule has 0 N–H and O–H groups in total. The van der Waals surface area contributed by atoms with Gasteiger partial charge in [0.25, 0.3) is 0 Å². The van der Waals surface area contributed by atoms with Gasteiger partial charge in [-0.15, -0.1) is 0 Å². The number of hydrogen-bond acceptors (Lipinski definition) is 3. The molecular formula is C21H30O3. The second-order valence-corrected chi connectivity index (χ2v) is 8.61. The monoisotopic (exact) mass is 330 g/mol. The van der Waals surface area contributed by atoms with E-state index in [-0.39, 0.29) is 29.2 Å². The molecule has 1 aromatic rings. The molecule has 2 fully saturated rings. The molecule has 0 aromatic heterocycles. The van der Waals surface area contributed by atoms with E-state index in [4.69, 9.17) is 9.47 Å². The average molecular weight is 330 g/mol. The smallest absolute Gasteiger partial charge is 0.338 e. The van der Waals surface area contributed by atoms with E-state index in [1.807, 2.05) is 30.3 Å². The van der Waals surface area contributed by atoms with Gasteiger partial charge in [-0.1, -0.05) is 25.1 Å². The van der Waals surface area contributed by atoms with Gasteiger partial charge in [0.15, 0.2) is 0 Å². The van der Waals surface area contributed by atoms with Crippen molar-refractivity contribution in [2.75, 3.05) is 0 Å². The van der Waals surface area contributed by atoms with Crippen LogP contribution >= 0.6 is 0 Å². The fourth-order valence-corrected chi connectivity index (χ4v) is 4.61. The van der Waals surface area contributed by atoms with Crippen LogP contribution in [0.3, 0.4) is 0 Å². The van der Waals surface area contributed by atoms with Gasteiger partial charge in [-0.05, 0) is 65.0 Å². The maximum absolute atomic E-state index is 12.5. The second-order valence-electron chi connectivity index (χ2n) is 8.61. The molecule has 0 radical (unpaired) electrons. The van der Waals surface area contributed by atoms with Gasteiger partial charge in [0.2, 0.25) is 0 Å². The number of carbonyl (C=O) groups is 1. The first kappa shape index (κ1) is 17.5. The Morgan fingerprint density at radius 2 is 1.83 bits per heavy atom. The Morgan fingerprint density at radius 3 is 2.50 bits per heavy atom. The lowest BCUT2D eigenvalue weighted by atomic mass is 9.67. The van der Waals surface area contributed by atoms with E-state index in [9.17, 15) is 4.79 Å². The first-order chi connectivity index (χ1) is 11.3. The first-order valence-electron chi connectivity index (χ1n) is 9.23. The lowest BCUT2D eigenvalue weighted by Gasteiger charge is -2.45. The zero-order chi connectivity index (χ0) is 17.4. The summed E-state index contributed by atoms with van der Waals surface area (Å²) in [5.41, 5.74) is 0.633. The van der Waals surface area contributed by atoms with Gasteiger partial charge in [0.05, 0.1) is 17.3 Å². The molecule has 0 aliphatic heterocycles. The lowest BCUT2D eigenvalue weighted by Crippen LogP contribution is -2.46. The summed E-state index contributed by atoms with van der Waals surface area (Å²) in [4.78, 5) is 12.5. The van der Waals surface area contributed by atoms with Crippen LogP contribution < -0.4 is 0 Å². The van der Waals surface area contributed by atoms with E-state index in [1.54, 1.807) is 0 Å². The molecule has 0 amide bonds. The van der Waals surface area contributed by atoms with Crippen LogP contribution in [0.2, 0.25) is 0 Å². The van der Waals surface area contributed by atoms with E-state index in [0.717, 1.165) is 32.1 Å². The Balaban J connectivity index is 1.72. The third-order valence-corrected chi connectivity index (χ3v) is 5.74. The Bertz CT molecular complexity index is 574. The van der Waals surface area contributed by atoms with E-state index < -0.39 is 0 Å². The molecule has 1 aromatic carbocycles. The number of hydrogen-bond donors (Lipinski definition) is 0. The Kier molecular flexibility index (Phi) is 4.74. The molecule has 0 heterocycles. The number of fused-ring (bicyclic) bond motifs is 1. The molecule has 24 heavy (non-hydrogen) atoms. The zero-order valence-electron chi connectivity index (χ0n) is 15.4. The SMILES string of the molecule is CC(C)(C)O[C@H]1CC[C@H]2[C@@H](OC(=O)c3ccccc3)CCC[C@]12C. The second kappa shape index (κ2) is 6.51. The van der Waals surface area contributed by atoms with Crippen LogP contribution in [0.15, 0.2) is 30.3 Å². The van der Waals surface area contributed by atoms with Crippen LogP contribution in [0.4, 0.5) is 0 Å². The van der Waals surface area contributed by atoms with Crippen LogP contribution in [0, 0.1) is 11.3 Å². The Morgan fingerprint density at radius 1 is 1.12 bits per heavy atom. The third-order valence-electron chi connectivity index (χ3n) is 5.74. The van der Waals surface area contributed by atoms with Crippen molar-refractivity contribution in [2.24, 2.45) is 11.3 Å². The highest BCUT2D eigenvalue weighted by Gasteiger charge is 2.53. The summed E-state index contributed by atoms with van der Waals surface area (Å²) in [5.74, 6) is 0.219. The standard InChI is InChI=1S/C21H30O3/c1-20(2,3)24-18-13-12-16-17(11-8-14-21(16,18)4)23-19(22)15-9-6-5-7-10-15/h5-7,9-10,16-18H,8,11-14H2,1-4H3/t16-,17-,18-,21-/m0/s1. The van der Waals surface area contributed by atoms with Crippen LogP contribution in [-0.4, -0.2) is 23.8 Å². The van der Waals surface area contributed by atoms with Crippen LogP contribution in [-0.2, 0) is 9.47 Å². The maximum Gasteiger partial charge on any atom is 0.338 e. The third kappa shape index (κ3) is 3.51. The van der Waals surface area contributed by atoms with Gasteiger partial charge in [-0.3, -0.25) is 0 Å². The number of ether oxygens (including phenoxy) is 2. The molecule has 0 saturated heterocycles. The van der Waals surface area contributed by atoms with Crippen molar-refractivity contribution in [3.8, 4) is 0 Å². The number of esters is 1. The topological polar surface area (TPSA) is 35.5 Å². The molecule has 3 nitrogen and oxygen atoms in total. The fourth-order valence-electron chi connectivity index (χ4n) is 4.61. The minimum Gasteiger partial charge on any atom is -0.458 e. The molecule has 2 saturated carbocycles. The van der Waals surface area contributed by atoms with Gasteiger partial charge in [-0.25, -0.2) is 4.79 Å². The van der Waals surface area contributed by atoms with Crippen molar-refractivity contribution in [3.63, 3.8) is 0 Å². The lowest BCUT2D eigenvalue weighted by molar-refractivity contribution is -0.132. The minimum absolute atomic E-state index is 0.0185. The maximum atomic E-state index is 12.5. The van der Waals surface area contributed by atoms with Crippen molar-refractivity contribution in [3.05, 3.63) is 35.9 Å². The molecule has 132 valence electrons. The van der Waals surface area contributed by atoms with E-state index in [1.165, 1.54) is 0 Å². The van der Waals surface area contributed by atoms with Crippen LogP contribution in [0.25, 0.3) is 0 Å². The van der Waals surface area contributed by atoms with Gasteiger partial charge in [-0.2, -0.15) is 0 Å². The summed E-state index contributed by atoms with van der Waals surface area (Å²) in [6, 6.07) is 9.32. The molecule has 0 spiro atoms. The molecule has 0 bridgehead atoms. The van der Waals surface area contributed by atoms with Gasteiger partial charge in [0.1, 0.15) is 6.10 Å². The number of benzene rings is 1. The molecule has 0 unspecified atom stereocenters.